The van der Waals surface area contributed by atoms with Gasteiger partial charge in [-0.1, -0.05) is 0 Å². The third kappa shape index (κ3) is 1.44. The second-order valence-electron chi connectivity index (χ2n) is 3.03. The molecule has 1 N–H and O–H groups in total. The predicted molar refractivity (Wildman–Crippen MR) is 56.0 cm³/mol. The average Bonchev–Trinajstić information content (AvgIpc) is 2.55. The maximum atomic E-state index is 11.1. The van der Waals surface area contributed by atoms with Crippen molar-refractivity contribution >= 4 is 27.3 Å². The molecule has 1 aromatic heterocycles. The number of fused-ring (bicyclic) bond motifs is 1. The fraction of sp³-hybridized carbons (Fsp3) is 0.100. The van der Waals surface area contributed by atoms with Gasteiger partial charge in [0, 0.05) is 15.1 Å². The first-order valence-electron chi connectivity index (χ1n) is 4.12. The summed E-state index contributed by atoms with van der Waals surface area (Å²) >= 11 is 1.69. The van der Waals surface area contributed by atoms with Crippen LogP contribution in [0.3, 0.4) is 0 Å². The molecule has 2 rings (SSSR count). The molecule has 0 aliphatic rings. The molecule has 0 aliphatic heterocycles. The Hall–Kier alpha value is -1.55. The molecule has 0 atom stereocenters. The molecular formula is C10H8N2OS. The summed E-state index contributed by atoms with van der Waals surface area (Å²) in [5.41, 5.74) is 7.11. The Morgan fingerprint density at radius 2 is 2.21 bits per heavy atom. The van der Waals surface area contributed by atoms with Gasteiger partial charge in [-0.25, -0.2) is 5.53 Å². The Kier molecular flexibility index (Phi) is 2.13. The van der Waals surface area contributed by atoms with Gasteiger partial charge in [0.1, 0.15) is 0 Å². The van der Waals surface area contributed by atoms with Crippen LogP contribution in [0.5, 0.6) is 0 Å². The van der Waals surface area contributed by atoms with E-state index in [1.165, 1.54) is 4.88 Å². The first-order chi connectivity index (χ1) is 6.70. The number of benzene rings is 1. The lowest BCUT2D eigenvalue weighted by molar-refractivity contribution is 0.0991. The van der Waals surface area contributed by atoms with E-state index in [9.17, 15) is 4.79 Å². The van der Waals surface area contributed by atoms with Crippen molar-refractivity contribution < 1.29 is 4.79 Å². The van der Waals surface area contributed by atoms with Crippen LogP contribution >= 0.6 is 11.3 Å². The minimum Gasteiger partial charge on any atom is -0.265 e. The van der Waals surface area contributed by atoms with Gasteiger partial charge < -0.3 is 0 Å². The first kappa shape index (κ1) is 9.02. The van der Waals surface area contributed by atoms with E-state index in [2.05, 4.69) is 5.11 Å². The van der Waals surface area contributed by atoms with Gasteiger partial charge in [-0.2, -0.15) is 0 Å². The fourth-order valence-corrected chi connectivity index (χ4v) is 2.28. The van der Waals surface area contributed by atoms with Crippen LogP contribution in [0.1, 0.15) is 15.2 Å². The minimum absolute atomic E-state index is 0.477. The van der Waals surface area contributed by atoms with E-state index in [4.69, 9.17) is 5.53 Å². The SMILES string of the molecule is Cc1cc2cc(C(=O)N=N)ccc2s1. The molecule has 1 heterocycles. The first-order valence-corrected chi connectivity index (χ1v) is 4.94. The number of carbonyl (C=O) groups is 1. The Bertz CT molecular complexity index is 516. The second kappa shape index (κ2) is 3.31. The average molecular weight is 204 g/mol. The van der Waals surface area contributed by atoms with Gasteiger partial charge in [0.05, 0.1) is 0 Å². The van der Waals surface area contributed by atoms with Crippen LogP contribution < -0.4 is 0 Å². The molecule has 14 heavy (non-hydrogen) atoms. The van der Waals surface area contributed by atoms with Crippen molar-refractivity contribution in [2.45, 2.75) is 6.92 Å². The normalized spacial score (nSPS) is 10.4. The standard InChI is InChI=1S/C10H8N2OS/c1-6-4-8-5-7(10(13)12-11)2-3-9(8)14-6/h2-5,11H,1H3. The largest absolute Gasteiger partial charge is 0.294 e. The number of aryl methyl sites for hydroxylation is 1. The van der Waals surface area contributed by atoms with Crippen molar-refractivity contribution in [1.82, 2.24) is 0 Å². The highest BCUT2D eigenvalue weighted by Gasteiger charge is 2.05. The maximum Gasteiger partial charge on any atom is 0.294 e. The molecule has 0 bridgehead atoms. The van der Waals surface area contributed by atoms with Crippen molar-refractivity contribution in [3.8, 4) is 0 Å². The molecule has 1 amide bonds. The zero-order valence-corrected chi connectivity index (χ0v) is 8.39. The smallest absolute Gasteiger partial charge is 0.265 e. The number of carbonyl (C=O) groups excluding carboxylic acids is 1. The molecular weight excluding hydrogens is 196 g/mol. The molecule has 0 aliphatic carbocycles. The fourth-order valence-electron chi connectivity index (χ4n) is 1.37. The van der Waals surface area contributed by atoms with E-state index in [1.807, 2.05) is 19.1 Å². The Morgan fingerprint density at radius 3 is 2.93 bits per heavy atom. The van der Waals surface area contributed by atoms with Crippen molar-refractivity contribution in [1.29, 1.82) is 5.53 Å². The lowest BCUT2D eigenvalue weighted by atomic mass is 10.1. The lowest BCUT2D eigenvalue weighted by Gasteiger charge is -1.93. The topological polar surface area (TPSA) is 53.3 Å². The highest BCUT2D eigenvalue weighted by molar-refractivity contribution is 7.19. The molecule has 3 nitrogen and oxygen atoms in total. The Balaban J connectivity index is 2.61. The molecule has 0 fully saturated rings. The number of hydrogen-bond donors (Lipinski definition) is 1. The van der Waals surface area contributed by atoms with Gasteiger partial charge in [-0.3, -0.25) is 4.79 Å². The number of hydrogen-bond acceptors (Lipinski definition) is 3. The summed E-state index contributed by atoms with van der Waals surface area (Å²) in [4.78, 5) is 12.3. The zero-order valence-electron chi connectivity index (χ0n) is 7.57. The quantitative estimate of drug-likeness (QED) is 0.711. The van der Waals surface area contributed by atoms with Crippen LogP contribution in [-0.4, -0.2) is 5.91 Å². The maximum absolute atomic E-state index is 11.1. The van der Waals surface area contributed by atoms with Gasteiger partial charge in [-0.15, -0.1) is 16.5 Å². The number of amides is 1. The van der Waals surface area contributed by atoms with Gasteiger partial charge in [0.15, 0.2) is 0 Å². The summed E-state index contributed by atoms with van der Waals surface area (Å²) in [6, 6.07) is 7.41. The van der Waals surface area contributed by atoms with Gasteiger partial charge in [0.2, 0.25) is 0 Å². The Morgan fingerprint density at radius 1 is 1.43 bits per heavy atom. The number of rotatable bonds is 1. The summed E-state index contributed by atoms with van der Waals surface area (Å²) in [7, 11) is 0. The lowest BCUT2D eigenvalue weighted by Crippen LogP contribution is -1.91. The van der Waals surface area contributed by atoms with E-state index >= 15 is 0 Å². The van der Waals surface area contributed by atoms with Crippen LogP contribution in [0, 0.1) is 12.5 Å². The van der Waals surface area contributed by atoms with Gasteiger partial charge in [-0.05, 0) is 36.6 Å². The van der Waals surface area contributed by atoms with Gasteiger partial charge >= 0.3 is 0 Å². The van der Waals surface area contributed by atoms with Crippen LogP contribution in [0.25, 0.3) is 10.1 Å². The molecule has 2 aromatic rings. The summed E-state index contributed by atoms with van der Waals surface area (Å²) < 4.78 is 1.16. The van der Waals surface area contributed by atoms with Crippen LogP contribution in [0.2, 0.25) is 0 Å². The monoisotopic (exact) mass is 204 g/mol. The van der Waals surface area contributed by atoms with E-state index < -0.39 is 5.91 Å². The van der Waals surface area contributed by atoms with E-state index in [0.29, 0.717) is 5.56 Å². The summed E-state index contributed by atoms with van der Waals surface area (Å²) in [5, 5.41) is 3.93. The summed E-state index contributed by atoms with van der Waals surface area (Å²) in [5.74, 6) is -0.490. The van der Waals surface area contributed by atoms with Crippen LogP contribution in [0.4, 0.5) is 0 Å². The predicted octanol–water partition coefficient (Wildman–Crippen LogP) is 3.38. The number of thiophene rings is 1. The molecule has 0 unspecified atom stereocenters. The van der Waals surface area contributed by atoms with Crippen molar-refractivity contribution in [2.24, 2.45) is 5.11 Å². The highest BCUT2D eigenvalue weighted by atomic mass is 32.1. The number of nitrogens with one attached hydrogen (secondary N) is 1. The molecule has 0 saturated carbocycles. The minimum atomic E-state index is -0.490. The summed E-state index contributed by atoms with van der Waals surface area (Å²) in [6.07, 6.45) is 0. The summed E-state index contributed by atoms with van der Waals surface area (Å²) in [6.45, 7) is 2.03. The molecule has 0 radical (unpaired) electrons. The third-order valence-electron chi connectivity index (χ3n) is 1.99. The molecule has 1 aromatic carbocycles. The second-order valence-corrected chi connectivity index (χ2v) is 4.31. The van der Waals surface area contributed by atoms with Crippen molar-refractivity contribution in [3.63, 3.8) is 0 Å². The molecule has 4 heteroatoms. The zero-order chi connectivity index (χ0) is 10.1. The van der Waals surface area contributed by atoms with E-state index in [0.717, 1.165) is 10.1 Å². The van der Waals surface area contributed by atoms with Crippen LogP contribution in [-0.2, 0) is 0 Å². The van der Waals surface area contributed by atoms with Crippen molar-refractivity contribution in [2.75, 3.05) is 0 Å². The highest BCUT2D eigenvalue weighted by Crippen LogP contribution is 2.25. The molecule has 0 spiro atoms. The van der Waals surface area contributed by atoms with Crippen LogP contribution in [0.15, 0.2) is 29.4 Å². The molecule has 0 saturated heterocycles. The molecule has 70 valence electrons. The van der Waals surface area contributed by atoms with Gasteiger partial charge in [0.25, 0.3) is 5.91 Å². The number of nitrogens with zero attached hydrogens (tertiary/aromatic N) is 1. The third-order valence-corrected chi connectivity index (χ3v) is 3.02. The van der Waals surface area contributed by atoms with E-state index in [1.54, 1.807) is 23.5 Å². The Labute approximate surface area is 84.9 Å². The van der Waals surface area contributed by atoms with E-state index in [-0.39, 0.29) is 0 Å². The van der Waals surface area contributed by atoms with Crippen molar-refractivity contribution in [3.05, 3.63) is 34.7 Å².